The number of nitrogen functional groups attached to an aromatic ring is 1. The van der Waals surface area contributed by atoms with Gasteiger partial charge in [0.25, 0.3) is 0 Å². The van der Waals surface area contributed by atoms with E-state index in [1.807, 2.05) is 12.1 Å². The number of anilines is 1. The average Bonchev–Trinajstić information content (AvgIpc) is 2.37. The topological polar surface area (TPSA) is 43.1 Å². The first-order valence-corrected chi connectivity index (χ1v) is 5.90. The normalized spacial score (nSPS) is 10.8. The number of carbonyl (C=O) groups is 1. The maximum Gasteiger partial charge on any atom is 0.186 e. The number of hydrogen-bond donors (Lipinski definition) is 1. The molecule has 2 nitrogen and oxygen atoms in total. The van der Waals surface area contributed by atoms with Gasteiger partial charge in [0.1, 0.15) is 5.82 Å². The van der Waals surface area contributed by atoms with Crippen LogP contribution in [0.2, 0.25) is 0 Å². The number of ketones is 1. The molecule has 0 aliphatic rings. The Bertz CT molecular complexity index is 630. The number of allylic oxidation sites excluding steroid dienone is 1. The van der Waals surface area contributed by atoms with Crippen molar-refractivity contribution in [2.75, 3.05) is 5.73 Å². The maximum atomic E-state index is 13.0. The minimum atomic E-state index is -0.337. The smallest absolute Gasteiger partial charge is 0.186 e. The second-order valence-electron chi connectivity index (χ2n) is 4.32. The predicted molar refractivity (Wildman–Crippen MR) is 75.4 cm³/mol. The summed E-state index contributed by atoms with van der Waals surface area (Å²) in [7, 11) is 0. The molecule has 0 spiro atoms. The summed E-state index contributed by atoms with van der Waals surface area (Å²) in [5.74, 6) is -0.481. The highest BCUT2D eigenvalue weighted by atomic mass is 19.1. The van der Waals surface area contributed by atoms with Gasteiger partial charge in [-0.2, -0.15) is 0 Å². The van der Waals surface area contributed by atoms with Crippen LogP contribution in [0.3, 0.4) is 0 Å². The monoisotopic (exact) mass is 255 g/mol. The van der Waals surface area contributed by atoms with Crippen molar-refractivity contribution in [1.29, 1.82) is 0 Å². The van der Waals surface area contributed by atoms with Gasteiger partial charge in [0, 0.05) is 11.3 Å². The lowest BCUT2D eigenvalue weighted by molar-refractivity contribution is 0.104. The first-order chi connectivity index (χ1) is 9.06. The quantitative estimate of drug-likeness (QED) is 0.517. The molecule has 0 atom stereocenters. The Morgan fingerprint density at radius 1 is 1.16 bits per heavy atom. The highest BCUT2D eigenvalue weighted by Crippen LogP contribution is 2.13. The Labute approximate surface area is 111 Å². The van der Waals surface area contributed by atoms with Crippen LogP contribution < -0.4 is 5.73 Å². The van der Waals surface area contributed by atoms with Crippen molar-refractivity contribution in [3.05, 3.63) is 71.0 Å². The third kappa shape index (κ3) is 3.28. The van der Waals surface area contributed by atoms with Gasteiger partial charge >= 0.3 is 0 Å². The van der Waals surface area contributed by atoms with Crippen LogP contribution in [0.25, 0.3) is 6.08 Å². The lowest BCUT2D eigenvalue weighted by Crippen LogP contribution is -1.98. The van der Waals surface area contributed by atoms with E-state index in [1.165, 1.54) is 24.3 Å². The van der Waals surface area contributed by atoms with Crippen molar-refractivity contribution in [3.63, 3.8) is 0 Å². The third-order valence-corrected chi connectivity index (χ3v) is 2.82. The Balaban J connectivity index is 2.18. The molecular weight excluding hydrogens is 241 g/mol. The molecule has 0 aliphatic carbocycles. The second kappa shape index (κ2) is 5.48. The van der Waals surface area contributed by atoms with Gasteiger partial charge in [-0.15, -0.1) is 0 Å². The van der Waals surface area contributed by atoms with E-state index < -0.39 is 0 Å². The van der Waals surface area contributed by atoms with Crippen LogP contribution in [0.5, 0.6) is 0 Å². The van der Waals surface area contributed by atoms with Gasteiger partial charge in [-0.05, 0) is 54.5 Å². The first-order valence-electron chi connectivity index (χ1n) is 5.90. The number of carbonyl (C=O) groups excluding carboxylic acids is 1. The molecular formula is C16H14FNO. The van der Waals surface area contributed by atoms with Crippen LogP contribution in [-0.2, 0) is 0 Å². The van der Waals surface area contributed by atoms with E-state index in [1.54, 1.807) is 25.1 Å². The second-order valence-corrected chi connectivity index (χ2v) is 4.32. The molecule has 0 saturated carbocycles. The molecule has 96 valence electrons. The van der Waals surface area contributed by atoms with Crippen LogP contribution in [-0.4, -0.2) is 5.78 Å². The summed E-state index contributed by atoms with van der Waals surface area (Å²) < 4.78 is 13.0. The average molecular weight is 255 g/mol. The summed E-state index contributed by atoms with van der Waals surface area (Å²) >= 11 is 0. The van der Waals surface area contributed by atoms with E-state index >= 15 is 0 Å². The number of halogens is 1. The number of rotatable bonds is 3. The molecule has 2 aromatic carbocycles. The zero-order chi connectivity index (χ0) is 13.8. The van der Waals surface area contributed by atoms with Gasteiger partial charge in [-0.1, -0.05) is 18.2 Å². The molecule has 0 fully saturated rings. The molecule has 0 saturated heterocycles. The van der Waals surface area contributed by atoms with E-state index in [-0.39, 0.29) is 11.6 Å². The summed E-state index contributed by atoms with van der Waals surface area (Å²) in [4.78, 5) is 12.0. The van der Waals surface area contributed by atoms with Crippen LogP contribution in [0.15, 0.2) is 48.5 Å². The van der Waals surface area contributed by atoms with Crippen molar-refractivity contribution in [1.82, 2.24) is 0 Å². The SMILES string of the molecule is Cc1cc(F)ccc1C(=O)/C=C/c1ccc(N)cc1. The molecule has 0 aromatic heterocycles. The summed E-state index contributed by atoms with van der Waals surface area (Å²) in [5.41, 5.74) is 8.29. The summed E-state index contributed by atoms with van der Waals surface area (Å²) in [5, 5.41) is 0. The predicted octanol–water partition coefficient (Wildman–Crippen LogP) is 3.61. The lowest BCUT2D eigenvalue weighted by Gasteiger charge is -2.01. The molecule has 3 heteroatoms. The number of hydrogen-bond acceptors (Lipinski definition) is 2. The van der Waals surface area contributed by atoms with Crippen LogP contribution in [0, 0.1) is 12.7 Å². The molecule has 0 bridgehead atoms. The van der Waals surface area contributed by atoms with Crippen LogP contribution >= 0.6 is 0 Å². The summed E-state index contributed by atoms with van der Waals surface area (Å²) in [6, 6.07) is 11.3. The van der Waals surface area contributed by atoms with Gasteiger partial charge in [-0.25, -0.2) is 4.39 Å². The summed E-state index contributed by atoms with van der Waals surface area (Å²) in [6.07, 6.45) is 3.19. The minimum Gasteiger partial charge on any atom is -0.399 e. The van der Waals surface area contributed by atoms with E-state index in [0.717, 1.165) is 5.56 Å². The van der Waals surface area contributed by atoms with Crippen LogP contribution in [0.1, 0.15) is 21.5 Å². The van der Waals surface area contributed by atoms with Crippen molar-refractivity contribution in [3.8, 4) is 0 Å². The fraction of sp³-hybridized carbons (Fsp3) is 0.0625. The van der Waals surface area contributed by atoms with Gasteiger partial charge < -0.3 is 5.73 Å². The van der Waals surface area contributed by atoms with Crippen LogP contribution in [0.4, 0.5) is 10.1 Å². The molecule has 0 heterocycles. The standard InChI is InChI=1S/C16H14FNO/c1-11-10-13(17)5-8-15(11)16(19)9-4-12-2-6-14(18)7-3-12/h2-10H,18H2,1H3/b9-4+. The molecule has 0 aliphatic heterocycles. The molecule has 2 rings (SSSR count). The van der Waals surface area contributed by atoms with Crippen molar-refractivity contribution < 1.29 is 9.18 Å². The molecule has 0 radical (unpaired) electrons. The lowest BCUT2D eigenvalue weighted by atomic mass is 10.0. The summed E-state index contributed by atoms with van der Waals surface area (Å²) in [6.45, 7) is 1.72. The van der Waals surface area contributed by atoms with Crippen molar-refractivity contribution in [2.45, 2.75) is 6.92 Å². The Morgan fingerprint density at radius 3 is 2.47 bits per heavy atom. The van der Waals surface area contributed by atoms with E-state index in [0.29, 0.717) is 16.8 Å². The Hall–Kier alpha value is -2.42. The molecule has 0 unspecified atom stereocenters. The number of nitrogens with two attached hydrogens (primary N) is 1. The zero-order valence-electron chi connectivity index (χ0n) is 10.6. The van der Waals surface area contributed by atoms with E-state index in [9.17, 15) is 9.18 Å². The maximum absolute atomic E-state index is 13.0. The minimum absolute atomic E-state index is 0.144. The van der Waals surface area contributed by atoms with E-state index in [4.69, 9.17) is 5.73 Å². The molecule has 2 aromatic rings. The zero-order valence-corrected chi connectivity index (χ0v) is 10.6. The third-order valence-electron chi connectivity index (χ3n) is 2.82. The van der Waals surface area contributed by atoms with Gasteiger partial charge in [-0.3, -0.25) is 4.79 Å². The fourth-order valence-corrected chi connectivity index (χ4v) is 1.77. The number of aryl methyl sites for hydroxylation is 1. The van der Waals surface area contributed by atoms with Crippen molar-refractivity contribution >= 4 is 17.5 Å². The van der Waals surface area contributed by atoms with E-state index in [2.05, 4.69) is 0 Å². The number of benzene rings is 2. The molecule has 2 N–H and O–H groups in total. The molecule has 0 amide bonds. The largest absolute Gasteiger partial charge is 0.399 e. The Kier molecular flexibility index (Phi) is 3.76. The van der Waals surface area contributed by atoms with Gasteiger partial charge in [0.2, 0.25) is 0 Å². The first kappa shape index (κ1) is 13.0. The highest BCUT2D eigenvalue weighted by Gasteiger charge is 2.06. The highest BCUT2D eigenvalue weighted by molar-refractivity contribution is 6.07. The van der Waals surface area contributed by atoms with Gasteiger partial charge in [0.15, 0.2) is 5.78 Å². The Morgan fingerprint density at radius 2 is 1.84 bits per heavy atom. The molecule has 19 heavy (non-hydrogen) atoms. The van der Waals surface area contributed by atoms with Gasteiger partial charge in [0.05, 0.1) is 0 Å². The fourth-order valence-electron chi connectivity index (χ4n) is 1.77. The van der Waals surface area contributed by atoms with Crippen molar-refractivity contribution in [2.24, 2.45) is 0 Å².